The average Bonchev–Trinajstić information content (AvgIpc) is 3.01. The molecule has 0 aliphatic heterocycles. The first kappa shape index (κ1) is 25.1. The first-order chi connectivity index (χ1) is 15.4. The number of hydrogen-bond acceptors (Lipinski definition) is 2. The Hall–Kier alpha value is -1.05. The molecular formula is C31H51NO. The van der Waals surface area contributed by atoms with Crippen LogP contribution in [0.15, 0.2) is 28.0 Å². The van der Waals surface area contributed by atoms with Gasteiger partial charge >= 0.3 is 0 Å². The molecule has 0 saturated heterocycles. The first-order valence-corrected chi connectivity index (χ1v) is 13.9. The SMILES string of the molecule is CO/N=C1\CC[C@]2(C)C3=C(CC[C@H]2C1(C)C)[C@]1(C)CC[C@H]([C@H](C)CCC=C(C)C)[C@@]1(C)CC3. The Morgan fingerprint density at radius 1 is 1.00 bits per heavy atom. The molecule has 0 unspecified atom stereocenters. The monoisotopic (exact) mass is 453 g/mol. The Morgan fingerprint density at radius 2 is 1.73 bits per heavy atom. The molecule has 6 atom stereocenters. The molecule has 0 bridgehead atoms. The fourth-order valence-electron chi connectivity index (χ4n) is 9.56. The summed E-state index contributed by atoms with van der Waals surface area (Å²) in [5, 5.41) is 4.50. The van der Waals surface area contributed by atoms with Crippen LogP contribution < -0.4 is 0 Å². The van der Waals surface area contributed by atoms with Crippen molar-refractivity contribution in [3.63, 3.8) is 0 Å². The van der Waals surface area contributed by atoms with Crippen molar-refractivity contribution in [2.45, 2.75) is 120 Å². The molecule has 2 saturated carbocycles. The van der Waals surface area contributed by atoms with E-state index in [2.05, 4.69) is 66.6 Å². The van der Waals surface area contributed by atoms with Gasteiger partial charge in [0.15, 0.2) is 0 Å². The fraction of sp³-hybridized carbons (Fsp3) is 0.839. The number of rotatable bonds is 5. The summed E-state index contributed by atoms with van der Waals surface area (Å²) >= 11 is 0. The zero-order valence-corrected chi connectivity index (χ0v) is 23.2. The van der Waals surface area contributed by atoms with E-state index in [9.17, 15) is 0 Å². The van der Waals surface area contributed by atoms with Gasteiger partial charge in [-0.1, -0.05) is 69.5 Å². The molecule has 2 heteroatoms. The summed E-state index contributed by atoms with van der Waals surface area (Å²) in [6.07, 6.45) is 15.6. The van der Waals surface area contributed by atoms with E-state index < -0.39 is 0 Å². The van der Waals surface area contributed by atoms with Gasteiger partial charge in [0.1, 0.15) is 7.11 Å². The van der Waals surface area contributed by atoms with Gasteiger partial charge in [-0.25, -0.2) is 0 Å². The van der Waals surface area contributed by atoms with Crippen molar-refractivity contribution >= 4 is 5.71 Å². The van der Waals surface area contributed by atoms with Gasteiger partial charge in [0.25, 0.3) is 0 Å². The van der Waals surface area contributed by atoms with Gasteiger partial charge in [0.05, 0.1) is 5.71 Å². The van der Waals surface area contributed by atoms with Crippen LogP contribution in [0, 0.1) is 39.4 Å². The Balaban J connectivity index is 1.65. The van der Waals surface area contributed by atoms with Crippen molar-refractivity contribution in [2.75, 3.05) is 7.11 Å². The molecular weight excluding hydrogens is 402 g/mol. The molecule has 0 aromatic heterocycles. The minimum Gasteiger partial charge on any atom is -0.399 e. The van der Waals surface area contributed by atoms with Crippen LogP contribution in [0.1, 0.15) is 120 Å². The second-order valence-electron chi connectivity index (χ2n) is 13.6. The lowest BCUT2D eigenvalue weighted by Gasteiger charge is -2.61. The molecule has 0 radical (unpaired) electrons. The average molecular weight is 454 g/mol. The quantitative estimate of drug-likeness (QED) is 0.300. The van der Waals surface area contributed by atoms with Gasteiger partial charge in [-0.15, -0.1) is 0 Å². The molecule has 33 heavy (non-hydrogen) atoms. The van der Waals surface area contributed by atoms with Crippen molar-refractivity contribution in [3.05, 3.63) is 22.8 Å². The summed E-state index contributed by atoms with van der Waals surface area (Å²) in [6.45, 7) is 19.9. The van der Waals surface area contributed by atoms with Crippen molar-refractivity contribution < 1.29 is 4.84 Å². The van der Waals surface area contributed by atoms with E-state index in [-0.39, 0.29) is 5.41 Å². The molecule has 0 aromatic carbocycles. The maximum atomic E-state index is 5.27. The fourth-order valence-corrected chi connectivity index (χ4v) is 9.56. The van der Waals surface area contributed by atoms with Crippen molar-refractivity contribution in [3.8, 4) is 0 Å². The summed E-state index contributed by atoms with van der Waals surface area (Å²) in [4.78, 5) is 5.27. The standard InChI is InChI=1S/C31H51NO/c1-21(2)11-10-12-22(3)23-15-19-31(8)25-13-14-26-28(4,5)27(32-33-9)17-18-29(26,6)24(25)16-20-30(23,31)7/h11,22-23,26H,10,12-20H2,1-9H3/b32-27+/t22-,23-,26+,29-,30-,31+/m1/s1. The Kier molecular flexibility index (Phi) is 6.50. The van der Waals surface area contributed by atoms with E-state index in [0.29, 0.717) is 22.2 Å². The van der Waals surface area contributed by atoms with Gasteiger partial charge in [0.2, 0.25) is 0 Å². The summed E-state index contributed by atoms with van der Waals surface area (Å²) < 4.78 is 0. The van der Waals surface area contributed by atoms with Gasteiger partial charge in [-0.2, -0.15) is 0 Å². The predicted molar refractivity (Wildman–Crippen MR) is 141 cm³/mol. The third kappa shape index (κ3) is 3.68. The maximum absolute atomic E-state index is 5.27. The van der Waals surface area contributed by atoms with Crippen LogP contribution in [-0.4, -0.2) is 12.8 Å². The Bertz CT molecular complexity index is 858. The molecule has 0 heterocycles. The minimum atomic E-state index is 0.126. The number of hydrogen-bond donors (Lipinski definition) is 0. The van der Waals surface area contributed by atoms with E-state index in [1.807, 2.05) is 11.1 Å². The highest BCUT2D eigenvalue weighted by atomic mass is 16.6. The maximum Gasteiger partial charge on any atom is 0.106 e. The third-order valence-electron chi connectivity index (χ3n) is 11.7. The largest absolute Gasteiger partial charge is 0.399 e. The smallest absolute Gasteiger partial charge is 0.106 e. The zero-order valence-electron chi connectivity index (χ0n) is 23.2. The van der Waals surface area contributed by atoms with Gasteiger partial charge in [-0.05, 0) is 112 Å². The molecule has 0 N–H and O–H groups in total. The van der Waals surface area contributed by atoms with Crippen LogP contribution in [0.4, 0.5) is 0 Å². The molecule has 186 valence electrons. The number of nitrogens with zero attached hydrogens (tertiary/aromatic N) is 1. The third-order valence-corrected chi connectivity index (χ3v) is 11.7. The van der Waals surface area contributed by atoms with E-state index >= 15 is 0 Å². The van der Waals surface area contributed by atoms with Crippen molar-refractivity contribution in [1.82, 2.24) is 0 Å². The van der Waals surface area contributed by atoms with Gasteiger partial charge < -0.3 is 4.84 Å². The summed E-state index contributed by atoms with van der Waals surface area (Å²) in [5.41, 5.74) is 7.85. The van der Waals surface area contributed by atoms with Crippen molar-refractivity contribution in [2.24, 2.45) is 44.6 Å². The first-order valence-electron chi connectivity index (χ1n) is 13.9. The highest BCUT2D eigenvalue weighted by molar-refractivity contribution is 5.90. The second kappa shape index (κ2) is 8.56. The Morgan fingerprint density at radius 3 is 2.39 bits per heavy atom. The normalized spacial score (nSPS) is 41.8. The molecule has 2 fully saturated rings. The molecule has 2 nitrogen and oxygen atoms in total. The predicted octanol–water partition coefficient (Wildman–Crippen LogP) is 9.12. The lowest BCUT2D eigenvalue weighted by Crippen LogP contribution is -2.54. The number of allylic oxidation sites excluding steroid dienone is 4. The van der Waals surface area contributed by atoms with E-state index in [4.69, 9.17) is 4.84 Å². The second-order valence-corrected chi connectivity index (χ2v) is 13.6. The van der Waals surface area contributed by atoms with Gasteiger partial charge in [0, 0.05) is 5.41 Å². The van der Waals surface area contributed by atoms with Crippen LogP contribution in [-0.2, 0) is 4.84 Å². The molecule has 0 amide bonds. The number of oxime groups is 1. The molecule has 4 aliphatic rings. The zero-order chi connectivity index (χ0) is 24.2. The van der Waals surface area contributed by atoms with Crippen LogP contribution in [0.3, 0.4) is 0 Å². The van der Waals surface area contributed by atoms with Crippen LogP contribution in [0.25, 0.3) is 0 Å². The van der Waals surface area contributed by atoms with Crippen LogP contribution >= 0.6 is 0 Å². The van der Waals surface area contributed by atoms with E-state index in [1.54, 1.807) is 7.11 Å². The van der Waals surface area contributed by atoms with Crippen LogP contribution in [0.2, 0.25) is 0 Å². The lowest BCUT2D eigenvalue weighted by atomic mass is 9.43. The summed E-state index contributed by atoms with van der Waals surface area (Å²) in [6, 6.07) is 0. The Labute approximate surface area is 204 Å². The van der Waals surface area contributed by atoms with Gasteiger partial charge in [-0.3, -0.25) is 0 Å². The number of fused-ring (bicyclic) bond motifs is 4. The van der Waals surface area contributed by atoms with E-state index in [0.717, 1.165) is 18.3 Å². The highest BCUT2D eigenvalue weighted by Gasteiger charge is 2.63. The summed E-state index contributed by atoms with van der Waals surface area (Å²) in [5.74, 6) is 2.37. The highest BCUT2D eigenvalue weighted by Crippen LogP contribution is 2.72. The van der Waals surface area contributed by atoms with E-state index in [1.165, 1.54) is 69.1 Å². The van der Waals surface area contributed by atoms with Crippen molar-refractivity contribution in [1.29, 1.82) is 0 Å². The molecule has 4 aliphatic carbocycles. The molecule has 4 rings (SSSR count). The van der Waals surface area contributed by atoms with Crippen LogP contribution in [0.5, 0.6) is 0 Å². The molecule has 0 aromatic rings. The molecule has 0 spiro atoms. The minimum absolute atomic E-state index is 0.126. The topological polar surface area (TPSA) is 21.6 Å². The lowest BCUT2D eigenvalue weighted by molar-refractivity contribution is 0.00920. The summed E-state index contributed by atoms with van der Waals surface area (Å²) in [7, 11) is 1.71.